The van der Waals surface area contributed by atoms with Crippen molar-refractivity contribution in [2.75, 3.05) is 20.2 Å². The summed E-state index contributed by atoms with van der Waals surface area (Å²) in [5.74, 6) is 1.25. The Morgan fingerprint density at radius 2 is 1.84 bits per heavy atom. The third-order valence-electron chi connectivity index (χ3n) is 3.20. The molecule has 0 atom stereocenters. The lowest BCUT2D eigenvalue weighted by molar-refractivity contribution is -0.117. The summed E-state index contributed by atoms with van der Waals surface area (Å²) in [6.07, 6.45) is 2.61. The zero-order valence-corrected chi connectivity index (χ0v) is 12.5. The van der Waals surface area contributed by atoms with E-state index in [1.54, 1.807) is 14.0 Å². The van der Waals surface area contributed by atoms with Crippen molar-refractivity contribution in [1.29, 1.82) is 0 Å². The van der Waals surface area contributed by atoms with E-state index in [-0.39, 0.29) is 5.78 Å². The van der Waals surface area contributed by atoms with Gasteiger partial charge in [0.1, 0.15) is 11.5 Å². The Bertz CT molecular complexity index is 404. The highest BCUT2D eigenvalue weighted by Crippen LogP contribution is 2.24. The van der Waals surface area contributed by atoms with Crippen molar-refractivity contribution in [2.45, 2.75) is 40.0 Å². The molecule has 0 amide bonds. The SMILES string of the molecule is COc1c(C)cc(CCNCCCC(C)=O)cc1C. The van der Waals surface area contributed by atoms with Gasteiger partial charge in [-0.3, -0.25) is 0 Å². The molecule has 3 nitrogen and oxygen atoms in total. The number of carbonyl (C=O) groups is 1. The Morgan fingerprint density at radius 1 is 1.21 bits per heavy atom. The number of Topliss-reactive ketones (excluding diaryl/α,β-unsaturated/α-hetero) is 1. The normalized spacial score (nSPS) is 10.5. The summed E-state index contributed by atoms with van der Waals surface area (Å²) in [5, 5.41) is 3.37. The average molecular weight is 263 g/mol. The van der Waals surface area contributed by atoms with E-state index >= 15 is 0 Å². The number of ether oxygens (including phenoxy) is 1. The van der Waals surface area contributed by atoms with Crippen LogP contribution in [-0.4, -0.2) is 26.0 Å². The van der Waals surface area contributed by atoms with Gasteiger partial charge >= 0.3 is 0 Å². The van der Waals surface area contributed by atoms with Crippen molar-refractivity contribution in [1.82, 2.24) is 5.32 Å². The molecule has 106 valence electrons. The predicted molar refractivity (Wildman–Crippen MR) is 79.0 cm³/mol. The molecule has 1 N–H and O–H groups in total. The van der Waals surface area contributed by atoms with E-state index in [0.29, 0.717) is 6.42 Å². The molecule has 0 heterocycles. The molecule has 0 aliphatic rings. The molecule has 0 fully saturated rings. The molecule has 0 spiro atoms. The number of hydrogen-bond acceptors (Lipinski definition) is 3. The molecule has 0 radical (unpaired) electrons. The van der Waals surface area contributed by atoms with Crippen LogP contribution in [0.25, 0.3) is 0 Å². The van der Waals surface area contributed by atoms with Gasteiger partial charge in [0.2, 0.25) is 0 Å². The van der Waals surface area contributed by atoms with Crippen molar-refractivity contribution in [2.24, 2.45) is 0 Å². The smallest absolute Gasteiger partial charge is 0.129 e. The van der Waals surface area contributed by atoms with Crippen molar-refractivity contribution in [3.8, 4) is 5.75 Å². The second kappa shape index (κ2) is 7.95. The van der Waals surface area contributed by atoms with Crippen molar-refractivity contribution >= 4 is 5.78 Å². The number of benzene rings is 1. The highest BCUT2D eigenvalue weighted by atomic mass is 16.5. The molecule has 0 bridgehead atoms. The van der Waals surface area contributed by atoms with Gasteiger partial charge in [-0.05, 0) is 63.4 Å². The summed E-state index contributed by atoms with van der Waals surface area (Å²) >= 11 is 0. The van der Waals surface area contributed by atoms with E-state index in [1.165, 1.54) is 16.7 Å². The van der Waals surface area contributed by atoms with Crippen LogP contribution in [0.5, 0.6) is 5.75 Å². The van der Waals surface area contributed by atoms with Crippen molar-refractivity contribution < 1.29 is 9.53 Å². The lowest BCUT2D eigenvalue weighted by Gasteiger charge is -2.11. The van der Waals surface area contributed by atoms with Crippen LogP contribution in [-0.2, 0) is 11.2 Å². The second-order valence-electron chi connectivity index (χ2n) is 5.07. The fourth-order valence-corrected chi connectivity index (χ4v) is 2.33. The number of nitrogens with one attached hydrogen (secondary N) is 1. The number of hydrogen-bond donors (Lipinski definition) is 1. The lowest BCUT2D eigenvalue weighted by Crippen LogP contribution is -2.19. The number of rotatable bonds is 8. The Balaban J connectivity index is 2.36. The maximum absolute atomic E-state index is 10.8. The predicted octanol–water partition coefficient (Wildman–Crippen LogP) is 2.81. The van der Waals surface area contributed by atoms with Crippen LogP contribution in [0.1, 0.15) is 36.5 Å². The molecule has 19 heavy (non-hydrogen) atoms. The molecule has 1 aromatic rings. The molecule has 0 aromatic heterocycles. The van der Waals surface area contributed by atoms with E-state index in [9.17, 15) is 4.79 Å². The van der Waals surface area contributed by atoms with E-state index < -0.39 is 0 Å². The fourth-order valence-electron chi connectivity index (χ4n) is 2.33. The largest absolute Gasteiger partial charge is 0.496 e. The molecule has 0 aliphatic heterocycles. The first-order valence-electron chi connectivity index (χ1n) is 6.89. The summed E-state index contributed by atoms with van der Waals surface area (Å²) in [4.78, 5) is 10.8. The third-order valence-corrected chi connectivity index (χ3v) is 3.20. The van der Waals surface area contributed by atoms with Crippen LogP contribution in [0, 0.1) is 13.8 Å². The molecule has 0 unspecified atom stereocenters. The van der Waals surface area contributed by atoms with Crippen LogP contribution in [0.15, 0.2) is 12.1 Å². The summed E-state index contributed by atoms with van der Waals surface area (Å²) < 4.78 is 5.36. The van der Waals surface area contributed by atoms with Gasteiger partial charge in [0, 0.05) is 6.42 Å². The number of aryl methyl sites for hydroxylation is 2. The highest BCUT2D eigenvalue weighted by Gasteiger charge is 2.04. The van der Waals surface area contributed by atoms with Crippen LogP contribution < -0.4 is 10.1 Å². The van der Waals surface area contributed by atoms with Gasteiger partial charge in [-0.2, -0.15) is 0 Å². The monoisotopic (exact) mass is 263 g/mol. The van der Waals surface area contributed by atoms with Crippen LogP contribution in [0.4, 0.5) is 0 Å². The molecule has 0 saturated heterocycles. The molecule has 0 aliphatic carbocycles. The Labute approximate surface area is 116 Å². The van der Waals surface area contributed by atoms with Crippen molar-refractivity contribution in [3.63, 3.8) is 0 Å². The zero-order chi connectivity index (χ0) is 14.3. The van der Waals surface area contributed by atoms with Crippen LogP contribution >= 0.6 is 0 Å². The molecular weight excluding hydrogens is 238 g/mol. The van der Waals surface area contributed by atoms with E-state index in [0.717, 1.165) is 31.7 Å². The topological polar surface area (TPSA) is 38.3 Å². The minimum absolute atomic E-state index is 0.267. The Morgan fingerprint density at radius 3 is 2.37 bits per heavy atom. The van der Waals surface area contributed by atoms with Gasteiger partial charge in [0.05, 0.1) is 7.11 Å². The maximum atomic E-state index is 10.8. The number of methoxy groups -OCH3 is 1. The quantitative estimate of drug-likeness (QED) is 0.733. The number of carbonyl (C=O) groups excluding carboxylic acids is 1. The average Bonchev–Trinajstić information content (AvgIpc) is 2.33. The van der Waals surface area contributed by atoms with E-state index in [4.69, 9.17) is 4.74 Å². The van der Waals surface area contributed by atoms with Gasteiger partial charge in [0.25, 0.3) is 0 Å². The van der Waals surface area contributed by atoms with Crippen molar-refractivity contribution in [3.05, 3.63) is 28.8 Å². The van der Waals surface area contributed by atoms with E-state index in [2.05, 4.69) is 31.3 Å². The van der Waals surface area contributed by atoms with Gasteiger partial charge < -0.3 is 14.8 Å². The highest BCUT2D eigenvalue weighted by molar-refractivity contribution is 5.75. The van der Waals surface area contributed by atoms with E-state index in [1.807, 2.05) is 0 Å². The maximum Gasteiger partial charge on any atom is 0.129 e. The summed E-state index contributed by atoms with van der Waals surface area (Å²) in [6.45, 7) is 7.66. The molecular formula is C16H25NO2. The first kappa shape index (κ1) is 15.7. The fraction of sp³-hybridized carbons (Fsp3) is 0.562. The molecule has 1 rings (SSSR count). The second-order valence-corrected chi connectivity index (χ2v) is 5.07. The Hall–Kier alpha value is -1.35. The Kier molecular flexibility index (Phi) is 6.57. The minimum atomic E-state index is 0.267. The summed E-state index contributed by atoms with van der Waals surface area (Å²) in [6, 6.07) is 4.37. The molecule has 1 aromatic carbocycles. The summed E-state index contributed by atoms with van der Waals surface area (Å²) in [5.41, 5.74) is 3.71. The molecule has 3 heteroatoms. The van der Waals surface area contributed by atoms with Gasteiger partial charge in [-0.1, -0.05) is 12.1 Å². The first-order valence-corrected chi connectivity index (χ1v) is 6.89. The van der Waals surface area contributed by atoms with Gasteiger partial charge in [-0.25, -0.2) is 0 Å². The third kappa shape index (κ3) is 5.43. The lowest BCUT2D eigenvalue weighted by atomic mass is 10.0. The van der Waals surface area contributed by atoms with Gasteiger partial charge in [0.15, 0.2) is 0 Å². The zero-order valence-electron chi connectivity index (χ0n) is 12.5. The minimum Gasteiger partial charge on any atom is -0.496 e. The van der Waals surface area contributed by atoms with Crippen LogP contribution in [0.2, 0.25) is 0 Å². The van der Waals surface area contributed by atoms with Gasteiger partial charge in [-0.15, -0.1) is 0 Å². The first-order chi connectivity index (χ1) is 9.04. The summed E-state index contributed by atoms with van der Waals surface area (Å²) in [7, 11) is 1.71. The standard InChI is InChI=1S/C16H25NO2/c1-12-10-15(11-13(2)16(12)19-4)7-9-17-8-5-6-14(3)18/h10-11,17H,5-9H2,1-4H3. The molecule has 0 saturated carbocycles. The number of ketones is 1. The van der Waals surface area contributed by atoms with Crippen LogP contribution in [0.3, 0.4) is 0 Å².